The van der Waals surface area contributed by atoms with Gasteiger partial charge in [0, 0.05) is 16.0 Å². The lowest BCUT2D eigenvalue weighted by atomic mass is 9.67. The Morgan fingerprint density at radius 2 is 1.64 bits per heavy atom. The molecule has 4 atom stereocenters. The van der Waals surface area contributed by atoms with Crippen molar-refractivity contribution in [2.45, 2.75) is 68.7 Å². The Hall–Kier alpha value is -3.07. The molecule has 1 aliphatic heterocycles. The van der Waals surface area contributed by atoms with E-state index < -0.39 is 38.7 Å². The van der Waals surface area contributed by atoms with E-state index in [1.807, 2.05) is 53.4 Å². The highest BCUT2D eigenvalue weighted by atomic mass is 35.5. The Morgan fingerprint density at radius 1 is 0.955 bits per heavy atom. The number of benzene rings is 3. The van der Waals surface area contributed by atoms with Crippen molar-refractivity contribution in [2.75, 3.05) is 10.8 Å². The van der Waals surface area contributed by atoms with Crippen molar-refractivity contribution in [3.8, 4) is 0 Å². The molecule has 0 spiro atoms. The average molecular weight is 656 g/mol. The number of amides is 1. The fourth-order valence-electron chi connectivity index (χ4n) is 6.86. The second-order valence-electron chi connectivity index (χ2n) is 12.7. The number of carboxylic acid groups (broad SMARTS) is 1. The Kier molecular flexibility index (Phi) is 8.46. The minimum atomic E-state index is -3.68. The number of nitrogens with zero attached hydrogens (tertiary/aromatic N) is 2. The molecule has 1 N–H and O–H groups in total. The first-order valence-corrected chi connectivity index (χ1v) is 17.4. The lowest BCUT2D eigenvalue weighted by Crippen LogP contribution is -2.59. The van der Waals surface area contributed by atoms with E-state index in [1.54, 1.807) is 37.3 Å². The van der Waals surface area contributed by atoms with Crippen molar-refractivity contribution in [1.29, 1.82) is 0 Å². The maximum atomic E-state index is 14.8. The minimum Gasteiger partial charge on any atom is -0.481 e. The number of carbonyl (C=O) groups excluding carboxylic acids is 1. The largest absolute Gasteiger partial charge is 0.481 e. The van der Waals surface area contributed by atoms with Crippen LogP contribution in [0.2, 0.25) is 10.0 Å². The summed E-state index contributed by atoms with van der Waals surface area (Å²) in [5.74, 6) is -1.56. The Bertz CT molecular complexity index is 1640. The Balaban J connectivity index is 1.52. The van der Waals surface area contributed by atoms with Crippen LogP contribution < -0.4 is 4.31 Å². The minimum absolute atomic E-state index is 0.0709. The summed E-state index contributed by atoms with van der Waals surface area (Å²) >= 11 is 12.8. The van der Waals surface area contributed by atoms with Crippen molar-refractivity contribution in [3.05, 3.63) is 100 Å². The molecular weight excluding hydrogens is 619 g/mol. The second kappa shape index (κ2) is 12.0. The predicted molar refractivity (Wildman–Crippen MR) is 172 cm³/mol. The van der Waals surface area contributed by atoms with Gasteiger partial charge in [0.2, 0.25) is 15.9 Å². The molecule has 2 aliphatic carbocycles. The molecule has 10 heteroatoms. The van der Waals surface area contributed by atoms with Crippen LogP contribution in [0, 0.1) is 11.3 Å². The van der Waals surface area contributed by atoms with Gasteiger partial charge in [-0.2, -0.15) is 0 Å². The smallest absolute Gasteiger partial charge is 0.304 e. The van der Waals surface area contributed by atoms with E-state index in [0.29, 0.717) is 35.0 Å². The highest BCUT2D eigenvalue weighted by Crippen LogP contribution is 2.54. The molecule has 3 aliphatic rings. The monoisotopic (exact) mass is 654 g/mol. The van der Waals surface area contributed by atoms with Gasteiger partial charge in [-0.25, -0.2) is 8.42 Å². The van der Waals surface area contributed by atoms with E-state index >= 15 is 0 Å². The van der Waals surface area contributed by atoms with Crippen LogP contribution in [-0.4, -0.2) is 48.1 Å². The number of anilines is 1. The summed E-state index contributed by atoms with van der Waals surface area (Å²) in [6.07, 6.45) is 2.89. The zero-order valence-corrected chi connectivity index (χ0v) is 26.8. The molecule has 0 bridgehead atoms. The summed E-state index contributed by atoms with van der Waals surface area (Å²) in [5.41, 5.74) is 1.10. The molecule has 0 aromatic heterocycles. The van der Waals surface area contributed by atoms with Crippen molar-refractivity contribution in [1.82, 2.24) is 4.90 Å². The van der Waals surface area contributed by atoms with Gasteiger partial charge in [0.05, 0.1) is 41.4 Å². The highest BCUT2D eigenvalue weighted by molar-refractivity contribution is 7.93. The van der Waals surface area contributed by atoms with Gasteiger partial charge < -0.3 is 10.0 Å². The topological polar surface area (TPSA) is 95.0 Å². The first-order valence-electron chi connectivity index (χ1n) is 15.1. The third-order valence-electron chi connectivity index (χ3n) is 9.31. The van der Waals surface area contributed by atoms with E-state index in [9.17, 15) is 23.1 Å². The molecule has 2 saturated carbocycles. The van der Waals surface area contributed by atoms with Crippen molar-refractivity contribution < 1.29 is 23.1 Å². The number of carbonyl (C=O) groups is 2. The van der Waals surface area contributed by atoms with Crippen molar-refractivity contribution >= 4 is 50.8 Å². The number of halogens is 2. The second-order valence-corrected chi connectivity index (χ2v) is 15.7. The van der Waals surface area contributed by atoms with Crippen LogP contribution in [0.5, 0.6) is 0 Å². The van der Waals surface area contributed by atoms with Crippen molar-refractivity contribution in [2.24, 2.45) is 11.3 Å². The lowest BCUT2D eigenvalue weighted by molar-refractivity contribution is -0.160. The Morgan fingerprint density at radius 3 is 2.23 bits per heavy atom. The summed E-state index contributed by atoms with van der Waals surface area (Å²) in [5, 5.41) is 10.6. The molecule has 44 heavy (non-hydrogen) atoms. The zero-order chi connectivity index (χ0) is 31.2. The number of rotatable bonds is 11. The molecule has 1 heterocycles. The first-order chi connectivity index (χ1) is 21.0. The van der Waals surface area contributed by atoms with Gasteiger partial charge in [-0.05, 0) is 85.5 Å². The average Bonchev–Trinajstić information content (AvgIpc) is 3.89. The normalized spacial score (nSPS) is 24.6. The maximum absolute atomic E-state index is 14.8. The van der Waals surface area contributed by atoms with Crippen LogP contribution in [0.25, 0.3) is 0 Å². The van der Waals surface area contributed by atoms with Gasteiger partial charge in [0.15, 0.2) is 0 Å². The fourth-order valence-corrected chi connectivity index (χ4v) is 9.05. The summed E-state index contributed by atoms with van der Waals surface area (Å²) in [6, 6.07) is 23.0. The highest BCUT2D eigenvalue weighted by Gasteiger charge is 2.55. The number of carboxylic acids is 1. The van der Waals surface area contributed by atoms with Crippen LogP contribution in [0.1, 0.15) is 68.5 Å². The summed E-state index contributed by atoms with van der Waals surface area (Å²) in [7, 11) is -3.68. The predicted octanol–water partition coefficient (Wildman–Crippen LogP) is 7.31. The number of sulfonamides is 1. The van der Waals surface area contributed by atoms with E-state index in [-0.39, 0.29) is 30.7 Å². The van der Waals surface area contributed by atoms with Crippen LogP contribution in [-0.2, 0) is 19.6 Å². The molecule has 3 aromatic rings. The number of piperidine rings is 1. The zero-order valence-electron chi connectivity index (χ0n) is 24.5. The van der Waals surface area contributed by atoms with Gasteiger partial charge in [0.25, 0.3) is 0 Å². The van der Waals surface area contributed by atoms with E-state index in [2.05, 4.69) is 0 Å². The number of likely N-dealkylation sites (tertiary alicyclic amines) is 1. The number of para-hydroxylation sites is 1. The van der Waals surface area contributed by atoms with Gasteiger partial charge >= 0.3 is 5.97 Å². The van der Waals surface area contributed by atoms with Crippen molar-refractivity contribution in [3.63, 3.8) is 0 Å². The third kappa shape index (κ3) is 6.22. The van der Waals surface area contributed by atoms with E-state index in [1.165, 1.54) is 4.31 Å². The molecule has 1 unspecified atom stereocenters. The molecule has 0 radical (unpaired) electrons. The van der Waals surface area contributed by atoms with Crippen LogP contribution >= 0.6 is 23.2 Å². The summed E-state index contributed by atoms with van der Waals surface area (Å²) in [6.45, 7) is 1.82. The number of hydrogen-bond donors (Lipinski definition) is 1. The first kappa shape index (κ1) is 30.9. The van der Waals surface area contributed by atoms with Gasteiger partial charge in [-0.15, -0.1) is 0 Å². The summed E-state index contributed by atoms with van der Waals surface area (Å²) in [4.78, 5) is 28.9. The molecule has 1 amide bonds. The van der Waals surface area contributed by atoms with Crippen LogP contribution in [0.4, 0.5) is 5.69 Å². The number of aliphatic carboxylic acids is 1. The fraction of sp³-hybridized carbons (Fsp3) is 0.412. The number of hydrogen-bond acceptors (Lipinski definition) is 4. The van der Waals surface area contributed by atoms with Gasteiger partial charge in [-0.1, -0.05) is 72.6 Å². The van der Waals surface area contributed by atoms with E-state index in [0.717, 1.165) is 24.0 Å². The summed E-state index contributed by atoms with van der Waals surface area (Å²) < 4.78 is 29.4. The van der Waals surface area contributed by atoms with Gasteiger partial charge in [0.1, 0.15) is 0 Å². The molecule has 1 saturated heterocycles. The van der Waals surface area contributed by atoms with Crippen LogP contribution in [0.3, 0.4) is 0 Å². The molecule has 3 aromatic carbocycles. The quantitative estimate of drug-likeness (QED) is 0.234. The van der Waals surface area contributed by atoms with Crippen LogP contribution in [0.15, 0.2) is 78.9 Å². The molecule has 3 fully saturated rings. The third-order valence-corrected chi connectivity index (χ3v) is 12.1. The van der Waals surface area contributed by atoms with Gasteiger partial charge in [-0.3, -0.25) is 13.9 Å². The standard InChI is InChI=1S/C34H36Cl2N2O5S/c1-34(20-31(39)40)19-29(24-6-5-7-26(36)18-24)32(23-12-14-25(35)15-13-23)38(33(34)41)30(22-10-11-22)21-37(27-8-3-2-4-9-27)44(42,43)28-16-17-28/h2-9,12-15,18,22,28-30,32H,10-11,16-17,19-21H2,1H3,(H,39,40)/t29?,30-,32-,34-/m1/s1. The lowest BCUT2D eigenvalue weighted by Gasteiger charge is -2.52. The molecular formula is C34H36Cl2N2O5S. The maximum Gasteiger partial charge on any atom is 0.304 e. The molecule has 6 rings (SSSR count). The van der Waals surface area contributed by atoms with E-state index in [4.69, 9.17) is 23.2 Å². The SMILES string of the molecule is C[C@]1(CC(=O)O)CC(c2cccc(Cl)c2)[C@@H](c2ccc(Cl)cc2)N([C@H](CN(c2ccccc2)S(=O)(=O)C2CC2)C2CC2)C1=O. The molecule has 7 nitrogen and oxygen atoms in total. The molecule has 232 valence electrons. The Labute approximate surface area is 268 Å².